The van der Waals surface area contributed by atoms with Gasteiger partial charge in [-0.15, -0.1) is 6.58 Å². The molecule has 0 unspecified atom stereocenters. The number of aliphatic carboxylic acids is 1. The van der Waals surface area contributed by atoms with Crippen LogP contribution in [0.1, 0.15) is 72.6 Å². The van der Waals surface area contributed by atoms with Gasteiger partial charge in [-0.25, -0.2) is 0 Å². The van der Waals surface area contributed by atoms with Crippen molar-refractivity contribution in [1.82, 2.24) is 0 Å². The van der Waals surface area contributed by atoms with Gasteiger partial charge in [0.2, 0.25) is 0 Å². The molecule has 0 aromatic carbocycles. The average molecular weight is 320 g/mol. The highest BCUT2D eigenvalue weighted by molar-refractivity contribution is 5.75. The van der Waals surface area contributed by atoms with Crippen LogP contribution < -0.4 is 0 Å². The van der Waals surface area contributed by atoms with Crippen molar-refractivity contribution in [2.75, 3.05) is 0 Å². The Balaban J connectivity index is 1.97. The molecule has 0 spiro atoms. The molecule has 130 valence electrons. The topological polar surface area (TPSA) is 46.5 Å². The van der Waals surface area contributed by atoms with Crippen LogP contribution in [-0.2, 0) is 9.53 Å². The quantitative estimate of drug-likeness (QED) is 0.743. The molecule has 0 aromatic heterocycles. The molecule has 0 amide bonds. The standard InChI is InChI=1S/C20H32O3/c1-6-17(2)12-8-15-18(3)10-7-11-19(4,16(21)22)14(18)9-13-20(15,5)23-17/h6,14-15H,1,7-13H2,2-5H3,(H,21,22)/t14-,15-,17-,18+,19-,20-/m0/s1. The molecule has 0 aromatic rings. The molecule has 23 heavy (non-hydrogen) atoms. The molecule has 3 aliphatic rings. The molecule has 1 N–H and O–H groups in total. The third-order valence-corrected chi connectivity index (χ3v) is 7.76. The van der Waals surface area contributed by atoms with Crippen LogP contribution in [0.5, 0.6) is 0 Å². The van der Waals surface area contributed by atoms with E-state index in [0.29, 0.717) is 5.92 Å². The maximum Gasteiger partial charge on any atom is 0.309 e. The zero-order chi connectivity index (χ0) is 17.1. The van der Waals surface area contributed by atoms with Crippen LogP contribution in [0.2, 0.25) is 0 Å². The zero-order valence-corrected chi connectivity index (χ0v) is 15.2. The van der Waals surface area contributed by atoms with Crippen LogP contribution in [0.25, 0.3) is 0 Å². The number of carboxylic acid groups (broad SMARTS) is 1. The van der Waals surface area contributed by atoms with E-state index in [1.165, 1.54) is 0 Å². The number of carboxylic acids is 1. The van der Waals surface area contributed by atoms with E-state index in [1.54, 1.807) is 0 Å². The summed E-state index contributed by atoms with van der Waals surface area (Å²) in [6, 6.07) is 0. The van der Waals surface area contributed by atoms with Crippen molar-refractivity contribution in [3.63, 3.8) is 0 Å². The van der Waals surface area contributed by atoms with Crippen LogP contribution >= 0.6 is 0 Å². The third-order valence-electron chi connectivity index (χ3n) is 7.76. The SMILES string of the molecule is C=C[C@@]1(C)CC[C@H]2[C@]3(C)CCC[C@](C)(C(=O)O)[C@H]3CC[C@]2(C)O1. The van der Waals surface area contributed by atoms with Crippen LogP contribution in [0.4, 0.5) is 0 Å². The van der Waals surface area contributed by atoms with E-state index in [2.05, 4.69) is 27.4 Å². The highest BCUT2D eigenvalue weighted by atomic mass is 16.5. The Labute approximate surface area is 140 Å². The molecule has 3 nitrogen and oxygen atoms in total. The summed E-state index contributed by atoms with van der Waals surface area (Å²) >= 11 is 0. The Morgan fingerprint density at radius 2 is 1.74 bits per heavy atom. The fourth-order valence-electron chi connectivity index (χ4n) is 6.45. The summed E-state index contributed by atoms with van der Waals surface area (Å²) in [5.41, 5.74) is -0.892. The number of fused-ring (bicyclic) bond motifs is 3. The van der Waals surface area contributed by atoms with Gasteiger partial charge in [-0.05, 0) is 76.5 Å². The average Bonchev–Trinajstić information content (AvgIpc) is 2.45. The zero-order valence-electron chi connectivity index (χ0n) is 15.2. The van der Waals surface area contributed by atoms with E-state index in [0.717, 1.165) is 44.9 Å². The van der Waals surface area contributed by atoms with Gasteiger partial charge >= 0.3 is 5.97 Å². The molecule has 2 aliphatic carbocycles. The van der Waals surface area contributed by atoms with Crippen LogP contribution in [0.3, 0.4) is 0 Å². The van der Waals surface area contributed by atoms with Crippen LogP contribution in [0, 0.1) is 22.7 Å². The highest BCUT2D eigenvalue weighted by Crippen LogP contribution is 2.65. The van der Waals surface area contributed by atoms with Crippen molar-refractivity contribution >= 4 is 5.97 Å². The van der Waals surface area contributed by atoms with Gasteiger partial charge in [0.25, 0.3) is 0 Å². The lowest BCUT2D eigenvalue weighted by atomic mass is 9.44. The lowest BCUT2D eigenvalue weighted by Gasteiger charge is -2.64. The van der Waals surface area contributed by atoms with E-state index < -0.39 is 11.4 Å². The summed E-state index contributed by atoms with van der Waals surface area (Å²) < 4.78 is 6.59. The first-order chi connectivity index (χ1) is 10.6. The van der Waals surface area contributed by atoms with Gasteiger partial charge in [0.15, 0.2) is 0 Å². The lowest BCUT2D eigenvalue weighted by molar-refractivity contribution is -0.254. The second kappa shape index (κ2) is 5.08. The fraction of sp³-hybridized carbons (Fsp3) is 0.850. The molecule has 0 radical (unpaired) electrons. The second-order valence-electron chi connectivity index (χ2n) is 9.20. The van der Waals surface area contributed by atoms with Crippen molar-refractivity contribution in [3.8, 4) is 0 Å². The van der Waals surface area contributed by atoms with E-state index in [-0.39, 0.29) is 22.5 Å². The predicted octanol–water partition coefficient (Wildman–Crippen LogP) is 4.81. The summed E-state index contributed by atoms with van der Waals surface area (Å²) in [5, 5.41) is 9.89. The molecule has 3 rings (SSSR count). The summed E-state index contributed by atoms with van der Waals surface area (Å²) in [4.78, 5) is 12.0. The molecule has 1 saturated heterocycles. The van der Waals surface area contributed by atoms with E-state index in [9.17, 15) is 9.90 Å². The summed E-state index contributed by atoms with van der Waals surface area (Å²) in [7, 11) is 0. The molecular weight excluding hydrogens is 288 g/mol. The third kappa shape index (κ3) is 2.30. The van der Waals surface area contributed by atoms with Gasteiger partial charge in [-0.1, -0.05) is 19.4 Å². The summed E-state index contributed by atoms with van der Waals surface area (Å²) in [6.07, 6.45) is 8.94. The molecule has 1 aliphatic heterocycles. The Morgan fingerprint density at radius 3 is 2.35 bits per heavy atom. The Bertz CT molecular complexity index is 529. The lowest BCUT2D eigenvalue weighted by Crippen LogP contribution is -2.63. The first kappa shape index (κ1) is 17.0. The van der Waals surface area contributed by atoms with Gasteiger partial charge in [0, 0.05) is 0 Å². The molecule has 1 heterocycles. The molecule has 3 heteroatoms. The number of carbonyl (C=O) groups is 1. The number of ether oxygens (including phenoxy) is 1. The van der Waals surface area contributed by atoms with Crippen LogP contribution in [-0.4, -0.2) is 22.3 Å². The number of hydrogen-bond acceptors (Lipinski definition) is 2. The molecule has 3 fully saturated rings. The minimum Gasteiger partial charge on any atom is -0.481 e. The van der Waals surface area contributed by atoms with Gasteiger partial charge in [-0.2, -0.15) is 0 Å². The van der Waals surface area contributed by atoms with Crippen molar-refractivity contribution in [1.29, 1.82) is 0 Å². The van der Waals surface area contributed by atoms with Crippen molar-refractivity contribution < 1.29 is 14.6 Å². The van der Waals surface area contributed by atoms with Gasteiger partial charge in [0.1, 0.15) is 0 Å². The van der Waals surface area contributed by atoms with E-state index >= 15 is 0 Å². The van der Waals surface area contributed by atoms with Gasteiger partial charge in [0.05, 0.1) is 16.6 Å². The summed E-state index contributed by atoms with van der Waals surface area (Å²) in [6.45, 7) is 12.7. The second-order valence-corrected chi connectivity index (χ2v) is 9.20. The van der Waals surface area contributed by atoms with Crippen LogP contribution in [0.15, 0.2) is 12.7 Å². The largest absolute Gasteiger partial charge is 0.481 e. The highest BCUT2D eigenvalue weighted by Gasteiger charge is 2.63. The Morgan fingerprint density at radius 1 is 1.09 bits per heavy atom. The first-order valence-corrected chi connectivity index (χ1v) is 9.17. The van der Waals surface area contributed by atoms with Crippen molar-refractivity contribution in [2.24, 2.45) is 22.7 Å². The number of rotatable bonds is 2. The minimum absolute atomic E-state index is 0.0703. The van der Waals surface area contributed by atoms with E-state index in [1.807, 2.05) is 13.0 Å². The monoisotopic (exact) mass is 320 g/mol. The maximum atomic E-state index is 12.0. The molecule has 6 atom stereocenters. The maximum absolute atomic E-state index is 12.0. The Kier molecular flexibility index (Phi) is 3.76. The van der Waals surface area contributed by atoms with Crippen molar-refractivity contribution in [2.45, 2.75) is 83.8 Å². The molecular formula is C20H32O3. The smallest absolute Gasteiger partial charge is 0.309 e. The van der Waals surface area contributed by atoms with Gasteiger partial charge in [-0.3, -0.25) is 4.79 Å². The minimum atomic E-state index is -0.607. The fourth-order valence-corrected chi connectivity index (χ4v) is 6.45. The first-order valence-electron chi connectivity index (χ1n) is 9.17. The number of hydrogen-bond donors (Lipinski definition) is 1. The Hall–Kier alpha value is -0.830. The normalized spacial score (nSPS) is 53.0. The molecule has 0 bridgehead atoms. The van der Waals surface area contributed by atoms with E-state index in [4.69, 9.17) is 4.74 Å². The van der Waals surface area contributed by atoms with Crippen molar-refractivity contribution in [3.05, 3.63) is 12.7 Å². The van der Waals surface area contributed by atoms with Gasteiger partial charge < -0.3 is 9.84 Å². The molecule has 2 saturated carbocycles. The summed E-state index contributed by atoms with van der Waals surface area (Å²) in [5.74, 6) is 0.0986. The predicted molar refractivity (Wildman–Crippen MR) is 91.2 cm³/mol.